The SMILES string of the molecule is CC(C)C[C@H](NC(=O)[C@H](CS)NC(=O)[C@H](CC(C)C)NC(=O)[C@H](Cc1c[nH]c2ccccc12)NC(=O)[C@@H](NC(=O)[C@@H]1CCCN1C(=O)[C@H](CCC(N)=O)NC(=O)[C@H](CO)NC(=O)[C@@H](N)CC(N)=O)C(C)C)C(=O)O. The zero-order valence-electron chi connectivity index (χ0n) is 42.6. The van der Waals surface area contributed by atoms with E-state index in [1.54, 1.807) is 53.8 Å². The lowest BCUT2D eigenvalue weighted by Crippen LogP contribution is -2.61. The van der Waals surface area contributed by atoms with E-state index in [0.717, 1.165) is 15.8 Å². The van der Waals surface area contributed by atoms with Crippen molar-refractivity contribution in [1.29, 1.82) is 0 Å². The molecule has 1 aliphatic heterocycles. The molecule has 1 saturated heterocycles. The largest absolute Gasteiger partial charge is 0.480 e. The van der Waals surface area contributed by atoms with E-state index in [2.05, 4.69) is 54.8 Å². The topological polar surface area (TPSA) is 410 Å². The summed E-state index contributed by atoms with van der Waals surface area (Å²) < 4.78 is 0. The zero-order chi connectivity index (χ0) is 55.6. The molecule has 74 heavy (non-hydrogen) atoms. The minimum absolute atomic E-state index is 0.0128. The molecule has 16 N–H and O–H groups in total. The van der Waals surface area contributed by atoms with Crippen LogP contribution in [0.2, 0.25) is 0 Å². The number of amides is 10. The number of H-pyrrole nitrogens is 1. The van der Waals surface area contributed by atoms with Crippen molar-refractivity contribution < 1.29 is 63.0 Å². The van der Waals surface area contributed by atoms with Gasteiger partial charge in [-0.2, -0.15) is 12.6 Å². The highest BCUT2D eigenvalue weighted by molar-refractivity contribution is 7.80. The maximum absolute atomic E-state index is 14.5. The minimum Gasteiger partial charge on any atom is -0.480 e. The van der Waals surface area contributed by atoms with Gasteiger partial charge in [-0.3, -0.25) is 47.9 Å². The molecule has 25 nitrogen and oxygen atoms in total. The van der Waals surface area contributed by atoms with Crippen molar-refractivity contribution in [1.82, 2.24) is 47.1 Å². The highest BCUT2D eigenvalue weighted by Crippen LogP contribution is 2.22. The van der Waals surface area contributed by atoms with Crippen LogP contribution in [0.3, 0.4) is 0 Å². The Morgan fingerprint density at radius 1 is 0.703 bits per heavy atom. The lowest BCUT2D eigenvalue weighted by molar-refractivity contribution is -0.143. The number of rotatable bonds is 30. The molecular formula is C48H74N12O13S. The van der Waals surface area contributed by atoms with Gasteiger partial charge in [-0.25, -0.2) is 4.79 Å². The van der Waals surface area contributed by atoms with Crippen molar-refractivity contribution in [3.05, 3.63) is 36.0 Å². The number of nitrogens with zero attached hydrogens (tertiary/aromatic N) is 1. The predicted octanol–water partition coefficient (Wildman–Crippen LogP) is -2.68. The van der Waals surface area contributed by atoms with Crippen molar-refractivity contribution in [2.45, 2.75) is 147 Å². The first-order valence-electron chi connectivity index (χ1n) is 24.5. The molecule has 2 aromatic rings. The number of carboxylic acids is 1. The number of fused-ring (bicyclic) bond motifs is 1. The summed E-state index contributed by atoms with van der Waals surface area (Å²) in [5.74, 6) is -10.8. The van der Waals surface area contributed by atoms with Crippen LogP contribution >= 0.6 is 12.6 Å². The van der Waals surface area contributed by atoms with Gasteiger partial charge in [0.15, 0.2) is 0 Å². The second-order valence-corrected chi connectivity index (χ2v) is 20.0. The van der Waals surface area contributed by atoms with Crippen LogP contribution in [0.5, 0.6) is 0 Å². The molecule has 3 rings (SSSR count). The van der Waals surface area contributed by atoms with Crippen LogP contribution in [0.15, 0.2) is 30.5 Å². The number of aliphatic hydroxyl groups is 1. The van der Waals surface area contributed by atoms with Gasteiger partial charge in [0.2, 0.25) is 59.1 Å². The molecule has 2 heterocycles. The smallest absolute Gasteiger partial charge is 0.326 e. The highest BCUT2D eigenvalue weighted by Gasteiger charge is 2.41. The van der Waals surface area contributed by atoms with Crippen molar-refractivity contribution >= 4 is 88.6 Å². The summed E-state index contributed by atoms with van der Waals surface area (Å²) in [5, 5.41) is 38.2. The summed E-state index contributed by atoms with van der Waals surface area (Å²) in [6.45, 7) is 9.53. The molecule has 9 atom stereocenters. The number of hydrogen-bond acceptors (Lipinski definition) is 14. The van der Waals surface area contributed by atoms with E-state index in [0.29, 0.717) is 12.0 Å². The molecule has 0 radical (unpaired) electrons. The Labute approximate surface area is 434 Å². The Kier molecular flexibility index (Phi) is 24.3. The lowest BCUT2D eigenvalue weighted by Gasteiger charge is -2.31. The number of aromatic amines is 1. The fourth-order valence-corrected chi connectivity index (χ4v) is 8.54. The molecule has 10 amide bonds. The Balaban J connectivity index is 1.89. The fraction of sp³-hybridized carbons (Fsp3) is 0.604. The van der Waals surface area contributed by atoms with Crippen LogP contribution in [0, 0.1) is 17.8 Å². The van der Waals surface area contributed by atoms with E-state index in [1.807, 2.05) is 18.2 Å². The molecule has 1 aromatic carbocycles. The Morgan fingerprint density at radius 3 is 1.82 bits per heavy atom. The average molecular weight is 1060 g/mol. The van der Waals surface area contributed by atoms with Gasteiger partial charge in [-0.05, 0) is 61.5 Å². The van der Waals surface area contributed by atoms with Gasteiger partial charge in [0.05, 0.1) is 19.1 Å². The van der Waals surface area contributed by atoms with Gasteiger partial charge >= 0.3 is 5.97 Å². The number of aromatic nitrogens is 1. The predicted molar refractivity (Wildman–Crippen MR) is 273 cm³/mol. The van der Waals surface area contributed by atoms with E-state index in [1.165, 1.54) is 0 Å². The summed E-state index contributed by atoms with van der Waals surface area (Å²) in [6.07, 6.45) is 0.901. The third-order valence-electron chi connectivity index (χ3n) is 12.2. The standard InChI is InChI=1S/C48H74N12O13S/c1-23(2)16-31(41(65)58-35(22-74)44(68)56-33(48(72)73)17-24(3)4)54-42(66)32(18-26-20-52-29-11-8-7-10-27(26)29)55-46(70)39(25(5)6)59-45(69)36-12-9-15-60(36)47(71)30(13-14-37(50)62)53-43(67)34(21-61)57-40(64)28(49)19-38(51)63/h7-8,10-11,20,23-25,28,30-36,39,52,61,74H,9,12-19,21-22,49H2,1-6H3,(H2,50,62)(H2,51,63)(H,53,67)(H,54,66)(H,55,70)(H,56,68)(H,57,64)(H,58,65)(H,59,69)(H,72,73)/t28-,30-,31-,32-,33-,34-,35-,36-,39-/m0/s1. The number of carbonyl (C=O) groups is 11. The van der Waals surface area contributed by atoms with Crippen LogP contribution < -0.4 is 54.4 Å². The van der Waals surface area contributed by atoms with Gasteiger partial charge in [0.25, 0.3) is 0 Å². The number of carboxylic acid groups (broad SMARTS) is 1. The van der Waals surface area contributed by atoms with Gasteiger partial charge in [-0.1, -0.05) is 59.7 Å². The van der Waals surface area contributed by atoms with Crippen LogP contribution in [0.4, 0.5) is 0 Å². The van der Waals surface area contributed by atoms with Crippen molar-refractivity contribution in [2.75, 3.05) is 18.9 Å². The second kappa shape index (κ2) is 29.2. The molecule has 1 aromatic heterocycles. The van der Waals surface area contributed by atoms with Gasteiger partial charge < -0.3 is 74.5 Å². The molecule has 26 heteroatoms. The number of nitrogens with two attached hydrogens (primary N) is 3. The summed E-state index contributed by atoms with van der Waals surface area (Å²) in [5.41, 5.74) is 17.5. The first kappa shape index (κ1) is 61.5. The van der Waals surface area contributed by atoms with E-state index < -0.39 is 145 Å². The third-order valence-corrected chi connectivity index (χ3v) is 12.5. The maximum atomic E-state index is 14.5. The Morgan fingerprint density at radius 2 is 1.24 bits per heavy atom. The molecule has 0 bridgehead atoms. The molecule has 0 spiro atoms. The van der Waals surface area contributed by atoms with Crippen LogP contribution in [-0.2, 0) is 59.2 Å². The monoisotopic (exact) mass is 1060 g/mol. The van der Waals surface area contributed by atoms with Crippen LogP contribution in [-0.4, -0.2) is 158 Å². The molecule has 0 unspecified atom stereocenters. The van der Waals surface area contributed by atoms with Crippen LogP contribution in [0.25, 0.3) is 10.9 Å². The number of primary amides is 2. The number of thiol groups is 1. The first-order chi connectivity index (χ1) is 34.8. The van der Waals surface area contributed by atoms with Crippen LogP contribution in [0.1, 0.15) is 92.1 Å². The number of hydrogen-bond donors (Lipinski definition) is 14. The van der Waals surface area contributed by atoms with E-state index in [4.69, 9.17) is 17.2 Å². The molecule has 1 aliphatic rings. The number of aliphatic hydroxyl groups excluding tert-OH is 1. The fourth-order valence-electron chi connectivity index (χ4n) is 8.28. The molecule has 0 saturated carbocycles. The van der Waals surface area contributed by atoms with Crippen molar-refractivity contribution in [3.8, 4) is 0 Å². The number of likely N-dealkylation sites (tertiary alicyclic amines) is 1. The average Bonchev–Trinajstić information content (AvgIpc) is 3.99. The Bertz CT molecular complexity index is 2350. The Hall–Kier alpha value is -6.80. The lowest BCUT2D eigenvalue weighted by atomic mass is 9.99. The molecule has 1 fully saturated rings. The summed E-state index contributed by atoms with van der Waals surface area (Å²) in [4.78, 5) is 150. The number of aliphatic carboxylic acids is 1. The van der Waals surface area contributed by atoms with Gasteiger partial charge in [0.1, 0.15) is 48.3 Å². The summed E-state index contributed by atoms with van der Waals surface area (Å²) in [6, 6.07) is -5.03. The van der Waals surface area contributed by atoms with E-state index >= 15 is 0 Å². The third kappa shape index (κ3) is 18.6. The number of nitrogens with one attached hydrogen (secondary N) is 8. The second-order valence-electron chi connectivity index (χ2n) is 19.6. The summed E-state index contributed by atoms with van der Waals surface area (Å²) in [7, 11) is 0. The number of para-hydroxylation sites is 1. The molecule has 0 aliphatic carbocycles. The number of benzene rings is 1. The van der Waals surface area contributed by atoms with E-state index in [-0.39, 0.29) is 56.2 Å². The maximum Gasteiger partial charge on any atom is 0.326 e. The first-order valence-corrected chi connectivity index (χ1v) is 25.2. The quantitative estimate of drug-likeness (QED) is 0.0355. The minimum atomic E-state index is -1.66. The highest BCUT2D eigenvalue weighted by atomic mass is 32.1. The van der Waals surface area contributed by atoms with E-state index in [9.17, 15) is 63.0 Å². The van der Waals surface area contributed by atoms with Gasteiger partial charge in [-0.15, -0.1) is 0 Å². The van der Waals surface area contributed by atoms with Gasteiger partial charge in [0, 0.05) is 42.2 Å². The zero-order valence-corrected chi connectivity index (χ0v) is 43.5. The summed E-state index contributed by atoms with van der Waals surface area (Å²) >= 11 is 4.23. The normalized spacial score (nSPS) is 16.7. The molecular weight excluding hydrogens is 985 g/mol. The van der Waals surface area contributed by atoms with Crippen molar-refractivity contribution in [2.24, 2.45) is 35.0 Å². The number of carbonyl (C=O) groups excluding carboxylic acids is 10. The molecule has 410 valence electrons. The van der Waals surface area contributed by atoms with Crippen molar-refractivity contribution in [3.63, 3.8) is 0 Å².